The van der Waals surface area contributed by atoms with E-state index < -0.39 is 11.7 Å². The lowest BCUT2D eigenvalue weighted by molar-refractivity contribution is -0.137. The van der Waals surface area contributed by atoms with E-state index >= 15 is 0 Å². The summed E-state index contributed by atoms with van der Waals surface area (Å²) in [6.07, 6.45) is -4.41. The van der Waals surface area contributed by atoms with Crippen molar-refractivity contribution in [3.05, 3.63) is 41.7 Å². The first-order valence-corrected chi connectivity index (χ1v) is 5.62. The zero-order valence-corrected chi connectivity index (χ0v) is 10.4. The molecule has 2 rings (SSSR count). The number of hydrogen-bond acceptors (Lipinski definition) is 3. The fraction of sp³-hybridized carbons (Fsp3) is 0.231. The van der Waals surface area contributed by atoms with Crippen molar-refractivity contribution in [3.8, 4) is 11.3 Å². The molecule has 0 aliphatic carbocycles. The van der Waals surface area contributed by atoms with Gasteiger partial charge in [-0.15, -0.1) is 0 Å². The van der Waals surface area contributed by atoms with Crippen molar-refractivity contribution < 1.29 is 13.2 Å². The molecule has 0 amide bonds. The third-order valence-electron chi connectivity index (χ3n) is 2.60. The highest BCUT2D eigenvalue weighted by Crippen LogP contribution is 2.36. The van der Waals surface area contributed by atoms with Crippen molar-refractivity contribution in [2.75, 3.05) is 12.4 Å². The first kappa shape index (κ1) is 13.3. The molecule has 0 unspecified atom stereocenters. The first-order valence-electron chi connectivity index (χ1n) is 5.62. The van der Waals surface area contributed by atoms with Crippen molar-refractivity contribution >= 4 is 5.82 Å². The van der Waals surface area contributed by atoms with E-state index in [4.69, 9.17) is 0 Å². The van der Waals surface area contributed by atoms with Crippen molar-refractivity contribution in [1.82, 2.24) is 9.97 Å². The molecule has 100 valence electrons. The highest BCUT2D eigenvalue weighted by molar-refractivity contribution is 5.66. The second kappa shape index (κ2) is 4.87. The fourth-order valence-corrected chi connectivity index (χ4v) is 1.79. The van der Waals surface area contributed by atoms with Crippen LogP contribution in [0.3, 0.4) is 0 Å². The number of nitrogens with zero attached hydrogens (tertiary/aromatic N) is 2. The fourth-order valence-electron chi connectivity index (χ4n) is 1.79. The molecule has 2 aromatic rings. The molecule has 6 heteroatoms. The van der Waals surface area contributed by atoms with Crippen molar-refractivity contribution in [2.45, 2.75) is 13.1 Å². The van der Waals surface area contributed by atoms with Crippen LogP contribution in [0.5, 0.6) is 0 Å². The minimum atomic E-state index is -4.41. The van der Waals surface area contributed by atoms with Gasteiger partial charge in [0, 0.05) is 18.7 Å². The van der Waals surface area contributed by atoms with Gasteiger partial charge in [-0.25, -0.2) is 9.97 Å². The smallest absolute Gasteiger partial charge is 0.373 e. The third-order valence-corrected chi connectivity index (χ3v) is 2.60. The lowest BCUT2D eigenvalue weighted by Crippen LogP contribution is -2.08. The monoisotopic (exact) mass is 267 g/mol. The summed E-state index contributed by atoms with van der Waals surface area (Å²) in [6.45, 7) is 1.64. The number of aryl methyl sites for hydroxylation is 1. The van der Waals surface area contributed by atoms with Gasteiger partial charge in [0.2, 0.25) is 0 Å². The lowest BCUT2D eigenvalue weighted by atomic mass is 10.0. The van der Waals surface area contributed by atoms with E-state index in [9.17, 15) is 13.2 Å². The van der Waals surface area contributed by atoms with Gasteiger partial charge >= 0.3 is 6.18 Å². The maximum Gasteiger partial charge on any atom is 0.417 e. The van der Waals surface area contributed by atoms with Crippen LogP contribution in [0.2, 0.25) is 0 Å². The second-order valence-corrected chi connectivity index (χ2v) is 3.98. The maximum atomic E-state index is 13.0. The summed E-state index contributed by atoms with van der Waals surface area (Å²) in [6, 6.07) is 6.87. The number of hydrogen-bond donors (Lipinski definition) is 1. The van der Waals surface area contributed by atoms with Gasteiger partial charge in [-0.2, -0.15) is 13.2 Å². The summed E-state index contributed by atoms with van der Waals surface area (Å²) in [4.78, 5) is 8.14. The summed E-state index contributed by atoms with van der Waals surface area (Å²) in [7, 11) is 1.65. The van der Waals surface area contributed by atoms with Gasteiger partial charge in [0.1, 0.15) is 11.6 Å². The molecule has 3 nitrogen and oxygen atoms in total. The molecule has 0 saturated carbocycles. The minimum absolute atomic E-state index is 0.0528. The van der Waals surface area contributed by atoms with Crippen molar-refractivity contribution in [1.29, 1.82) is 0 Å². The molecule has 0 fully saturated rings. The summed E-state index contributed by atoms with van der Waals surface area (Å²) in [5.41, 5.74) is -0.392. The van der Waals surface area contributed by atoms with E-state index in [1.807, 2.05) is 0 Å². The number of alkyl halides is 3. The molecule has 0 bridgehead atoms. The molecular formula is C13H12F3N3. The maximum absolute atomic E-state index is 13.0. The number of aromatic nitrogens is 2. The Hall–Kier alpha value is -2.11. The van der Waals surface area contributed by atoms with Crippen LogP contribution in [0.1, 0.15) is 11.4 Å². The Balaban J connectivity index is 2.62. The van der Waals surface area contributed by atoms with Crippen LogP contribution in [0.15, 0.2) is 30.3 Å². The summed E-state index contributed by atoms with van der Waals surface area (Å²) >= 11 is 0. The predicted octanol–water partition coefficient (Wildman–Crippen LogP) is 3.51. The second-order valence-electron chi connectivity index (χ2n) is 3.98. The Kier molecular flexibility index (Phi) is 3.42. The zero-order chi connectivity index (χ0) is 14.0. The van der Waals surface area contributed by atoms with Crippen LogP contribution in [0.25, 0.3) is 11.3 Å². The average Bonchev–Trinajstić information content (AvgIpc) is 2.37. The van der Waals surface area contributed by atoms with Crippen molar-refractivity contribution in [3.63, 3.8) is 0 Å². The number of rotatable bonds is 2. The average molecular weight is 267 g/mol. The van der Waals surface area contributed by atoms with Gasteiger partial charge in [-0.05, 0) is 13.0 Å². The van der Waals surface area contributed by atoms with Gasteiger partial charge in [0.15, 0.2) is 0 Å². The molecule has 0 aliphatic heterocycles. The lowest BCUT2D eigenvalue weighted by Gasteiger charge is -2.13. The van der Waals surface area contributed by atoms with Crippen LogP contribution in [-0.4, -0.2) is 17.0 Å². The van der Waals surface area contributed by atoms with E-state index in [0.29, 0.717) is 11.6 Å². The summed E-state index contributed by atoms with van der Waals surface area (Å²) < 4.78 is 38.9. The minimum Gasteiger partial charge on any atom is -0.373 e. The molecule has 0 saturated heterocycles. The molecule has 1 heterocycles. The SMILES string of the molecule is CNc1cc(-c2ccccc2C(F)(F)F)nc(C)n1. The predicted molar refractivity (Wildman–Crippen MR) is 66.8 cm³/mol. The van der Waals surface area contributed by atoms with Crippen LogP contribution in [-0.2, 0) is 6.18 Å². The van der Waals surface area contributed by atoms with E-state index in [0.717, 1.165) is 6.07 Å². The van der Waals surface area contributed by atoms with Crippen LogP contribution < -0.4 is 5.32 Å². The molecule has 1 aromatic carbocycles. The van der Waals surface area contributed by atoms with Gasteiger partial charge in [-0.3, -0.25) is 0 Å². The molecular weight excluding hydrogens is 255 g/mol. The number of benzene rings is 1. The molecule has 0 atom stereocenters. The normalized spacial score (nSPS) is 11.4. The van der Waals surface area contributed by atoms with Gasteiger partial charge in [0.05, 0.1) is 11.3 Å². The zero-order valence-electron chi connectivity index (χ0n) is 10.4. The number of anilines is 1. The molecule has 0 spiro atoms. The largest absolute Gasteiger partial charge is 0.417 e. The molecule has 0 aliphatic rings. The Morgan fingerprint density at radius 2 is 1.79 bits per heavy atom. The first-order chi connectivity index (χ1) is 8.91. The van der Waals surface area contributed by atoms with Crippen LogP contribution in [0, 0.1) is 6.92 Å². The molecule has 1 N–H and O–H groups in total. The van der Waals surface area contributed by atoms with Crippen molar-refractivity contribution in [2.24, 2.45) is 0 Å². The Morgan fingerprint density at radius 3 is 2.42 bits per heavy atom. The highest BCUT2D eigenvalue weighted by Gasteiger charge is 2.33. The van der Waals surface area contributed by atoms with E-state index in [1.165, 1.54) is 18.2 Å². The van der Waals surface area contributed by atoms with E-state index in [-0.39, 0.29) is 11.3 Å². The standard InChI is InChI=1S/C13H12F3N3/c1-8-18-11(7-12(17-2)19-8)9-5-3-4-6-10(9)13(14,15)16/h3-7H,1-2H3,(H,17,18,19). The number of nitrogens with one attached hydrogen (secondary N) is 1. The van der Waals surface area contributed by atoms with E-state index in [1.54, 1.807) is 20.0 Å². The Morgan fingerprint density at radius 1 is 1.11 bits per heavy atom. The highest BCUT2D eigenvalue weighted by atomic mass is 19.4. The Bertz CT molecular complexity index is 594. The van der Waals surface area contributed by atoms with Crippen LogP contribution >= 0.6 is 0 Å². The summed E-state index contributed by atoms with van der Waals surface area (Å²) in [5, 5.41) is 2.80. The van der Waals surface area contributed by atoms with E-state index in [2.05, 4.69) is 15.3 Å². The molecule has 0 radical (unpaired) electrons. The van der Waals surface area contributed by atoms with Crippen LogP contribution in [0.4, 0.5) is 19.0 Å². The molecule has 19 heavy (non-hydrogen) atoms. The quantitative estimate of drug-likeness (QED) is 0.904. The Labute approximate surface area is 108 Å². The third kappa shape index (κ3) is 2.83. The topological polar surface area (TPSA) is 37.8 Å². The molecule has 1 aromatic heterocycles. The van der Waals surface area contributed by atoms with Gasteiger partial charge in [0.25, 0.3) is 0 Å². The number of halogens is 3. The van der Waals surface area contributed by atoms with Gasteiger partial charge in [-0.1, -0.05) is 18.2 Å². The summed E-state index contributed by atoms with van der Waals surface area (Å²) in [5.74, 6) is 0.901. The van der Waals surface area contributed by atoms with Gasteiger partial charge < -0.3 is 5.32 Å².